The molecule has 0 unspecified atom stereocenters. The summed E-state index contributed by atoms with van der Waals surface area (Å²) >= 11 is 0. The van der Waals surface area contributed by atoms with Gasteiger partial charge in [0.2, 0.25) is 0 Å². The number of nitrogens with one attached hydrogen (secondary N) is 1. The minimum atomic E-state index is -0.0213. The van der Waals surface area contributed by atoms with E-state index in [2.05, 4.69) is 17.1 Å². The number of aromatic amines is 1. The number of H-pyrrole nitrogens is 1. The number of hydrogen-bond acceptors (Lipinski definition) is 3. The number of phenolic OH excluding ortho intramolecular Hbond substituents is 1. The molecule has 0 atom stereocenters. The van der Waals surface area contributed by atoms with Crippen molar-refractivity contribution in [3.8, 4) is 5.75 Å². The molecule has 78 valence electrons. The van der Waals surface area contributed by atoms with E-state index >= 15 is 0 Å². The maximum atomic E-state index is 10.7. The Balaban J connectivity index is 2.63. The Morgan fingerprint density at radius 2 is 2.33 bits per heavy atom. The molecule has 0 fully saturated rings. The molecule has 1 aromatic heterocycles. The molecule has 2 N–H and O–H groups in total. The van der Waals surface area contributed by atoms with Crippen LogP contribution < -0.4 is 0 Å². The van der Waals surface area contributed by atoms with Crippen molar-refractivity contribution >= 4 is 17.2 Å². The maximum absolute atomic E-state index is 10.7. The van der Waals surface area contributed by atoms with E-state index in [0.29, 0.717) is 17.4 Å². The first-order chi connectivity index (χ1) is 7.26. The van der Waals surface area contributed by atoms with Crippen LogP contribution in [0.2, 0.25) is 0 Å². The first-order valence-electron chi connectivity index (χ1n) is 4.91. The summed E-state index contributed by atoms with van der Waals surface area (Å²) in [4.78, 5) is 10.7. The van der Waals surface area contributed by atoms with Gasteiger partial charge in [-0.3, -0.25) is 9.89 Å². The van der Waals surface area contributed by atoms with Gasteiger partial charge in [0.15, 0.2) is 6.29 Å². The number of carbonyl (C=O) groups is 1. The average Bonchev–Trinajstić information content (AvgIpc) is 2.60. The highest BCUT2D eigenvalue weighted by molar-refractivity contribution is 5.91. The smallest absolute Gasteiger partial charge is 0.153 e. The third-order valence-corrected chi connectivity index (χ3v) is 2.41. The molecule has 0 saturated carbocycles. The summed E-state index contributed by atoms with van der Waals surface area (Å²) in [5, 5.41) is 17.4. The van der Waals surface area contributed by atoms with E-state index in [1.54, 1.807) is 6.07 Å². The largest absolute Gasteiger partial charge is 0.507 e. The number of nitrogens with zero attached hydrogens (tertiary/aromatic N) is 1. The van der Waals surface area contributed by atoms with Crippen molar-refractivity contribution in [3.05, 3.63) is 23.4 Å². The van der Waals surface area contributed by atoms with E-state index in [0.717, 1.165) is 23.9 Å². The Hall–Kier alpha value is -1.84. The zero-order valence-electron chi connectivity index (χ0n) is 8.45. The van der Waals surface area contributed by atoms with Crippen LogP contribution >= 0.6 is 0 Å². The molecule has 0 aliphatic heterocycles. The van der Waals surface area contributed by atoms with Gasteiger partial charge in [-0.15, -0.1) is 0 Å². The number of benzene rings is 1. The molecule has 0 amide bonds. The molecule has 1 heterocycles. The summed E-state index contributed by atoms with van der Waals surface area (Å²) in [6.45, 7) is 2.08. The summed E-state index contributed by atoms with van der Waals surface area (Å²) in [5.41, 5.74) is 2.01. The highest BCUT2D eigenvalue weighted by atomic mass is 16.3. The molecule has 0 bridgehead atoms. The van der Waals surface area contributed by atoms with Crippen molar-refractivity contribution in [3.63, 3.8) is 0 Å². The summed E-state index contributed by atoms with van der Waals surface area (Å²) in [6.07, 6.45) is 2.55. The molecule has 15 heavy (non-hydrogen) atoms. The maximum Gasteiger partial charge on any atom is 0.153 e. The molecule has 0 aliphatic rings. The highest BCUT2D eigenvalue weighted by Gasteiger charge is 2.08. The topological polar surface area (TPSA) is 66.0 Å². The molecule has 4 heteroatoms. The molecule has 0 radical (unpaired) electrons. The molecule has 1 aromatic carbocycles. The number of aryl methyl sites for hydroxylation is 1. The molecule has 0 spiro atoms. The standard InChI is InChI=1S/C11H12N2O2/c1-2-3-9-8-4-7(6-14)11(15)5-10(8)13-12-9/h4-6,15H,2-3H2,1H3,(H,12,13). The number of rotatable bonds is 3. The third kappa shape index (κ3) is 1.58. The lowest BCUT2D eigenvalue weighted by Crippen LogP contribution is -1.85. The van der Waals surface area contributed by atoms with Gasteiger partial charge in [0.1, 0.15) is 5.75 Å². The van der Waals surface area contributed by atoms with Gasteiger partial charge in [-0.25, -0.2) is 0 Å². The number of aldehydes is 1. The fraction of sp³-hybridized carbons (Fsp3) is 0.273. The van der Waals surface area contributed by atoms with Crippen molar-refractivity contribution < 1.29 is 9.90 Å². The van der Waals surface area contributed by atoms with Crippen LogP contribution in [0.15, 0.2) is 12.1 Å². The van der Waals surface area contributed by atoms with Crippen molar-refractivity contribution in [1.82, 2.24) is 10.2 Å². The van der Waals surface area contributed by atoms with Crippen molar-refractivity contribution in [2.75, 3.05) is 0 Å². The van der Waals surface area contributed by atoms with Crippen molar-refractivity contribution in [1.29, 1.82) is 0 Å². The fourth-order valence-corrected chi connectivity index (χ4v) is 1.65. The minimum absolute atomic E-state index is 0.0213. The second-order valence-electron chi connectivity index (χ2n) is 3.50. The number of phenols is 1. The van der Waals surface area contributed by atoms with Crippen LogP contribution in [-0.2, 0) is 6.42 Å². The third-order valence-electron chi connectivity index (χ3n) is 2.41. The Labute approximate surface area is 86.9 Å². The van der Waals surface area contributed by atoms with Crippen LogP contribution in [0.1, 0.15) is 29.4 Å². The molecule has 2 aromatic rings. The van der Waals surface area contributed by atoms with Gasteiger partial charge in [-0.1, -0.05) is 13.3 Å². The Kier molecular flexibility index (Phi) is 2.41. The predicted molar refractivity (Wildman–Crippen MR) is 57.1 cm³/mol. The first kappa shape index (κ1) is 9.71. The van der Waals surface area contributed by atoms with Gasteiger partial charge in [-0.05, 0) is 12.5 Å². The van der Waals surface area contributed by atoms with E-state index in [1.165, 1.54) is 6.07 Å². The predicted octanol–water partition coefficient (Wildman–Crippen LogP) is 2.03. The van der Waals surface area contributed by atoms with E-state index in [4.69, 9.17) is 0 Å². The fourth-order valence-electron chi connectivity index (χ4n) is 1.65. The average molecular weight is 204 g/mol. The summed E-state index contributed by atoms with van der Waals surface area (Å²) in [6, 6.07) is 3.18. The Morgan fingerprint density at radius 3 is 3.00 bits per heavy atom. The van der Waals surface area contributed by atoms with Crippen LogP contribution in [0.25, 0.3) is 10.9 Å². The van der Waals surface area contributed by atoms with Crippen LogP contribution in [0.5, 0.6) is 5.75 Å². The van der Waals surface area contributed by atoms with Gasteiger partial charge in [-0.2, -0.15) is 5.10 Å². The molecule has 0 saturated heterocycles. The summed E-state index contributed by atoms with van der Waals surface area (Å²) in [5.74, 6) is -0.0213. The lowest BCUT2D eigenvalue weighted by Gasteiger charge is -1.98. The monoisotopic (exact) mass is 204 g/mol. The van der Waals surface area contributed by atoms with E-state index in [1.807, 2.05) is 0 Å². The van der Waals surface area contributed by atoms with Crippen LogP contribution in [-0.4, -0.2) is 21.6 Å². The molecular formula is C11H12N2O2. The number of carbonyl (C=O) groups excluding carboxylic acids is 1. The molecular weight excluding hydrogens is 192 g/mol. The lowest BCUT2D eigenvalue weighted by atomic mass is 10.1. The zero-order valence-corrected chi connectivity index (χ0v) is 8.45. The van der Waals surface area contributed by atoms with Crippen LogP contribution in [0.3, 0.4) is 0 Å². The number of fused-ring (bicyclic) bond motifs is 1. The summed E-state index contributed by atoms with van der Waals surface area (Å²) in [7, 11) is 0. The lowest BCUT2D eigenvalue weighted by molar-refractivity contribution is 0.112. The molecule has 4 nitrogen and oxygen atoms in total. The summed E-state index contributed by atoms with van der Waals surface area (Å²) < 4.78 is 0. The quantitative estimate of drug-likeness (QED) is 0.752. The molecule has 2 rings (SSSR count). The first-order valence-corrected chi connectivity index (χ1v) is 4.91. The second-order valence-corrected chi connectivity index (χ2v) is 3.50. The number of hydrogen-bond donors (Lipinski definition) is 2. The van der Waals surface area contributed by atoms with Crippen LogP contribution in [0.4, 0.5) is 0 Å². The zero-order chi connectivity index (χ0) is 10.8. The van der Waals surface area contributed by atoms with Gasteiger partial charge >= 0.3 is 0 Å². The van der Waals surface area contributed by atoms with E-state index in [-0.39, 0.29) is 5.75 Å². The minimum Gasteiger partial charge on any atom is -0.507 e. The number of aromatic hydroxyl groups is 1. The van der Waals surface area contributed by atoms with Gasteiger partial charge in [0.05, 0.1) is 11.1 Å². The van der Waals surface area contributed by atoms with Crippen LogP contribution in [0, 0.1) is 0 Å². The van der Waals surface area contributed by atoms with Gasteiger partial charge in [0.25, 0.3) is 0 Å². The second kappa shape index (κ2) is 3.73. The van der Waals surface area contributed by atoms with E-state index < -0.39 is 0 Å². The van der Waals surface area contributed by atoms with Gasteiger partial charge in [0, 0.05) is 17.1 Å². The normalized spacial score (nSPS) is 10.7. The van der Waals surface area contributed by atoms with E-state index in [9.17, 15) is 9.90 Å². The molecule has 0 aliphatic carbocycles. The Bertz CT molecular complexity index is 503. The van der Waals surface area contributed by atoms with Gasteiger partial charge < -0.3 is 5.11 Å². The van der Waals surface area contributed by atoms with Crippen molar-refractivity contribution in [2.24, 2.45) is 0 Å². The SMILES string of the molecule is CCCc1[nH]nc2cc(O)c(C=O)cc12. The Morgan fingerprint density at radius 1 is 1.53 bits per heavy atom. The highest BCUT2D eigenvalue weighted by Crippen LogP contribution is 2.25. The van der Waals surface area contributed by atoms with Crippen molar-refractivity contribution in [2.45, 2.75) is 19.8 Å². The number of aromatic nitrogens is 2.